The van der Waals surface area contributed by atoms with Crippen LogP contribution in [0.5, 0.6) is 0 Å². The third-order valence-corrected chi connectivity index (χ3v) is 5.70. The molecule has 1 aliphatic rings. The van der Waals surface area contributed by atoms with E-state index in [-0.39, 0.29) is 0 Å². The molecule has 0 saturated carbocycles. The highest BCUT2D eigenvalue weighted by atomic mass is 35.5. The summed E-state index contributed by atoms with van der Waals surface area (Å²) in [5.74, 6) is 2.36. The molecule has 0 aliphatic carbocycles. The monoisotopic (exact) mass is 373 g/mol. The Morgan fingerprint density at radius 3 is 2.92 bits per heavy atom. The van der Waals surface area contributed by atoms with Gasteiger partial charge in [0.2, 0.25) is 5.95 Å². The Morgan fingerprint density at radius 2 is 2.16 bits per heavy atom. The van der Waals surface area contributed by atoms with Crippen LogP contribution in [0.15, 0.2) is 29.8 Å². The van der Waals surface area contributed by atoms with Crippen LogP contribution in [0.25, 0.3) is 10.9 Å². The van der Waals surface area contributed by atoms with Crippen LogP contribution in [-0.4, -0.2) is 28.0 Å². The van der Waals surface area contributed by atoms with Gasteiger partial charge in [-0.15, -0.1) is 11.3 Å². The highest BCUT2D eigenvalue weighted by molar-refractivity contribution is 7.09. The number of aromatic nitrogens is 3. The molecule has 0 aromatic carbocycles. The minimum Gasteiger partial charge on any atom is -0.364 e. The fraction of sp³-hybridized carbons (Fsp3) is 0.389. The summed E-state index contributed by atoms with van der Waals surface area (Å²) >= 11 is 7.82. The number of halogens is 1. The summed E-state index contributed by atoms with van der Waals surface area (Å²) in [7, 11) is 0. The zero-order valence-corrected chi connectivity index (χ0v) is 15.6. The summed E-state index contributed by atoms with van der Waals surface area (Å²) in [4.78, 5) is 17.3. The molecule has 5 nitrogen and oxygen atoms in total. The smallest absolute Gasteiger partial charge is 0.227 e. The van der Waals surface area contributed by atoms with Crippen molar-refractivity contribution >= 4 is 45.6 Å². The van der Waals surface area contributed by atoms with Crippen molar-refractivity contribution in [3.05, 3.63) is 39.8 Å². The number of anilines is 2. The predicted octanol–water partition coefficient (Wildman–Crippen LogP) is 4.59. The first-order chi connectivity index (χ1) is 12.2. The molecule has 0 radical (unpaired) electrons. The quantitative estimate of drug-likeness (QED) is 0.678. The van der Waals surface area contributed by atoms with Crippen LogP contribution in [0.4, 0.5) is 11.8 Å². The van der Waals surface area contributed by atoms with Gasteiger partial charge in [0, 0.05) is 23.4 Å². The van der Waals surface area contributed by atoms with Gasteiger partial charge in [-0.05, 0) is 36.3 Å². The van der Waals surface area contributed by atoms with Gasteiger partial charge in [0.25, 0.3) is 0 Å². The first-order valence-electron chi connectivity index (χ1n) is 8.53. The van der Waals surface area contributed by atoms with Crippen molar-refractivity contribution in [1.82, 2.24) is 15.0 Å². The molecular weight excluding hydrogens is 354 g/mol. The predicted molar refractivity (Wildman–Crippen MR) is 105 cm³/mol. The van der Waals surface area contributed by atoms with E-state index in [1.807, 2.05) is 6.07 Å². The fourth-order valence-electron chi connectivity index (χ4n) is 3.06. The molecule has 3 aromatic rings. The third-order valence-electron chi connectivity index (χ3n) is 4.61. The summed E-state index contributed by atoms with van der Waals surface area (Å²) in [6.45, 7) is 5.04. The molecule has 1 fully saturated rings. The standard InChI is InChI=1S/C18H20ClN5S/c1-12-4-6-24(7-5-12)18-22-15-11-20-16(19)9-14(15)17(23-18)21-10-13-3-2-8-25-13/h2-3,8-9,11-12H,4-7,10H2,1H3,(H,21,22,23). The molecule has 3 aromatic heterocycles. The Labute approximate surface area is 156 Å². The number of hydrogen-bond donors (Lipinski definition) is 1. The number of nitrogens with one attached hydrogen (secondary N) is 1. The Kier molecular flexibility index (Phi) is 4.72. The van der Waals surface area contributed by atoms with Crippen molar-refractivity contribution in [2.24, 2.45) is 5.92 Å². The van der Waals surface area contributed by atoms with Gasteiger partial charge in [-0.2, -0.15) is 4.98 Å². The van der Waals surface area contributed by atoms with E-state index in [2.05, 4.69) is 39.6 Å². The van der Waals surface area contributed by atoms with E-state index in [9.17, 15) is 0 Å². The first-order valence-corrected chi connectivity index (χ1v) is 9.79. The van der Waals surface area contributed by atoms with E-state index < -0.39 is 0 Å². The van der Waals surface area contributed by atoms with E-state index in [0.29, 0.717) is 5.15 Å². The zero-order valence-electron chi connectivity index (χ0n) is 14.1. The first kappa shape index (κ1) is 16.5. The van der Waals surface area contributed by atoms with E-state index in [4.69, 9.17) is 21.6 Å². The number of nitrogens with zero attached hydrogens (tertiary/aromatic N) is 4. The SMILES string of the molecule is CC1CCN(c2nc(NCc3cccs3)c3cc(Cl)ncc3n2)CC1. The highest BCUT2D eigenvalue weighted by Gasteiger charge is 2.20. The van der Waals surface area contributed by atoms with Crippen LogP contribution in [-0.2, 0) is 6.54 Å². The Morgan fingerprint density at radius 1 is 1.32 bits per heavy atom. The number of rotatable bonds is 4. The van der Waals surface area contributed by atoms with Crippen LogP contribution < -0.4 is 10.2 Å². The molecule has 1 aliphatic heterocycles. The maximum Gasteiger partial charge on any atom is 0.227 e. The van der Waals surface area contributed by atoms with Gasteiger partial charge in [-0.3, -0.25) is 0 Å². The Balaban J connectivity index is 1.68. The topological polar surface area (TPSA) is 53.9 Å². The molecule has 1 saturated heterocycles. The molecule has 0 atom stereocenters. The number of pyridine rings is 1. The normalized spacial score (nSPS) is 15.7. The zero-order chi connectivity index (χ0) is 17.2. The van der Waals surface area contributed by atoms with Crippen molar-refractivity contribution in [3.63, 3.8) is 0 Å². The number of fused-ring (bicyclic) bond motifs is 1. The minimum absolute atomic E-state index is 0.454. The molecular formula is C18H20ClN5S. The fourth-order valence-corrected chi connectivity index (χ4v) is 3.87. The van der Waals surface area contributed by atoms with E-state index in [0.717, 1.165) is 48.2 Å². The van der Waals surface area contributed by atoms with Crippen molar-refractivity contribution in [2.75, 3.05) is 23.3 Å². The van der Waals surface area contributed by atoms with E-state index in [1.165, 1.54) is 17.7 Å². The van der Waals surface area contributed by atoms with Gasteiger partial charge < -0.3 is 10.2 Å². The Hall–Kier alpha value is -1.92. The Bertz CT molecular complexity index is 859. The van der Waals surface area contributed by atoms with E-state index in [1.54, 1.807) is 17.5 Å². The largest absolute Gasteiger partial charge is 0.364 e. The molecule has 25 heavy (non-hydrogen) atoms. The van der Waals surface area contributed by atoms with Crippen LogP contribution in [0.1, 0.15) is 24.6 Å². The van der Waals surface area contributed by atoms with Crippen LogP contribution in [0, 0.1) is 5.92 Å². The van der Waals surface area contributed by atoms with Gasteiger partial charge >= 0.3 is 0 Å². The molecule has 0 amide bonds. The molecule has 1 N–H and O–H groups in total. The molecule has 4 heterocycles. The summed E-state index contributed by atoms with van der Waals surface area (Å²) in [5.41, 5.74) is 0.821. The van der Waals surface area contributed by atoms with E-state index >= 15 is 0 Å². The van der Waals surface area contributed by atoms with Gasteiger partial charge in [0.15, 0.2) is 0 Å². The number of piperidine rings is 1. The lowest BCUT2D eigenvalue weighted by atomic mass is 10.00. The van der Waals surface area contributed by atoms with Crippen LogP contribution in [0.3, 0.4) is 0 Å². The lowest BCUT2D eigenvalue weighted by molar-refractivity contribution is 0.435. The molecule has 0 bridgehead atoms. The van der Waals surface area contributed by atoms with Crippen molar-refractivity contribution in [2.45, 2.75) is 26.3 Å². The van der Waals surface area contributed by atoms with Gasteiger partial charge in [-0.25, -0.2) is 9.97 Å². The van der Waals surface area contributed by atoms with Crippen molar-refractivity contribution in [3.8, 4) is 0 Å². The summed E-state index contributed by atoms with van der Waals surface area (Å²) in [6, 6.07) is 6.00. The molecule has 7 heteroatoms. The van der Waals surface area contributed by atoms with Gasteiger partial charge in [-0.1, -0.05) is 24.6 Å². The van der Waals surface area contributed by atoms with Gasteiger partial charge in [0.05, 0.1) is 18.3 Å². The summed E-state index contributed by atoms with van der Waals surface area (Å²) in [6.07, 6.45) is 4.09. The third kappa shape index (κ3) is 3.70. The molecule has 0 unspecified atom stereocenters. The van der Waals surface area contributed by atoms with Gasteiger partial charge in [0.1, 0.15) is 11.0 Å². The number of hydrogen-bond acceptors (Lipinski definition) is 6. The van der Waals surface area contributed by atoms with Crippen LogP contribution >= 0.6 is 22.9 Å². The summed E-state index contributed by atoms with van der Waals surface area (Å²) < 4.78 is 0. The second kappa shape index (κ2) is 7.14. The average molecular weight is 374 g/mol. The summed E-state index contributed by atoms with van der Waals surface area (Å²) in [5, 5.41) is 6.89. The van der Waals surface area contributed by atoms with Crippen molar-refractivity contribution < 1.29 is 0 Å². The lowest BCUT2D eigenvalue weighted by Crippen LogP contribution is -2.34. The number of thiophene rings is 1. The highest BCUT2D eigenvalue weighted by Crippen LogP contribution is 2.28. The maximum atomic E-state index is 6.09. The molecule has 0 spiro atoms. The molecule has 130 valence electrons. The second-order valence-electron chi connectivity index (χ2n) is 6.50. The average Bonchev–Trinajstić information content (AvgIpc) is 3.14. The maximum absolute atomic E-state index is 6.09. The molecule has 4 rings (SSSR count). The second-order valence-corrected chi connectivity index (χ2v) is 7.92. The van der Waals surface area contributed by atoms with Crippen molar-refractivity contribution in [1.29, 1.82) is 0 Å². The minimum atomic E-state index is 0.454. The van der Waals surface area contributed by atoms with Crippen LogP contribution in [0.2, 0.25) is 5.15 Å². The lowest BCUT2D eigenvalue weighted by Gasteiger charge is -2.30.